The number of aryl methyl sites for hydroxylation is 1. The molecule has 2 aromatic rings. The summed E-state index contributed by atoms with van der Waals surface area (Å²) >= 11 is 0. The van der Waals surface area contributed by atoms with Gasteiger partial charge in [-0.15, -0.1) is 0 Å². The van der Waals surface area contributed by atoms with Gasteiger partial charge in [0.25, 0.3) is 0 Å². The Hall–Kier alpha value is -1.92. The number of hydrogen-bond acceptors (Lipinski definition) is 6. The van der Waals surface area contributed by atoms with E-state index in [1.165, 1.54) is 0 Å². The fraction of sp³-hybridized carbons (Fsp3) is 0.714. The van der Waals surface area contributed by atoms with Gasteiger partial charge in [0.15, 0.2) is 0 Å². The van der Waals surface area contributed by atoms with Gasteiger partial charge in [-0.05, 0) is 17.8 Å². The summed E-state index contributed by atoms with van der Waals surface area (Å²) in [5.41, 5.74) is 3.71. The van der Waals surface area contributed by atoms with Gasteiger partial charge in [0.2, 0.25) is 0 Å². The number of nitrogens with zero attached hydrogens (tertiary/aromatic N) is 4. The lowest BCUT2D eigenvalue weighted by molar-refractivity contribution is 0.116. The molecular formula is C28H52N4O2. The van der Waals surface area contributed by atoms with E-state index in [4.69, 9.17) is 9.84 Å². The average molecular weight is 477 g/mol. The van der Waals surface area contributed by atoms with Crippen molar-refractivity contribution in [3.8, 4) is 0 Å². The summed E-state index contributed by atoms with van der Waals surface area (Å²) in [5.74, 6) is 0. The second-order valence-corrected chi connectivity index (χ2v) is 12.8. The Morgan fingerprint density at radius 1 is 0.676 bits per heavy atom. The van der Waals surface area contributed by atoms with Crippen molar-refractivity contribution in [2.45, 2.75) is 101 Å². The molecular weight excluding hydrogens is 424 g/mol. The molecule has 2 heterocycles. The van der Waals surface area contributed by atoms with E-state index in [2.05, 4.69) is 82.2 Å². The number of rotatable bonds is 1. The zero-order valence-corrected chi connectivity index (χ0v) is 24.4. The van der Waals surface area contributed by atoms with Crippen LogP contribution in [-0.2, 0) is 15.6 Å². The minimum atomic E-state index is 0.0972. The summed E-state index contributed by atoms with van der Waals surface area (Å²) in [4.78, 5) is 16.6. The Labute approximate surface area is 210 Å². The molecule has 0 aliphatic heterocycles. The van der Waals surface area contributed by atoms with Gasteiger partial charge < -0.3 is 9.84 Å². The summed E-state index contributed by atoms with van der Waals surface area (Å²) in [6.07, 6.45) is 8.87. The molecule has 0 saturated carbocycles. The van der Waals surface area contributed by atoms with Crippen molar-refractivity contribution in [2.24, 2.45) is 10.8 Å². The van der Waals surface area contributed by atoms with E-state index in [1.807, 2.05) is 33.9 Å². The van der Waals surface area contributed by atoms with Crippen LogP contribution in [-0.4, -0.2) is 45.4 Å². The second kappa shape index (κ2) is 15.2. The van der Waals surface area contributed by atoms with Gasteiger partial charge >= 0.3 is 0 Å². The summed E-state index contributed by atoms with van der Waals surface area (Å²) < 4.78 is 4.91. The van der Waals surface area contributed by atoms with Crippen LogP contribution in [0.1, 0.15) is 100 Å². The van der Waals surface area contributed by atoms with E-state index in [-0.39, 0.29) is 22.9 Å². The second-order valence-electron chi connectivity index (χ2n) is 12.8. The number of ether oxygens (including phenoxy) is 1. The topological polar surface area (TPSA) is 81.0 Å². The molecule has 6 heteroatoms. The van der Waals surface area contributed by atoms with Crippen molar-refractivity contribution >= 4 is 0 Å². The van der Waals surface area contributed by atoms with E-state index < -0.39 is 0 Å². The first-order chi connectivity index (χ1) is 15.2. The Balaban J connectivity index is 0. The molecule has 2 rings (SSSR count). The molecule has 0 amide bonds. The largest absolute Gasteiger partial charge is 0.396 e. The highest BCUT2D eigenvalue weighted by Gasteiger charge is 2.15. The third kappa shape index (κ3) is 20.7. The lowest BCUT2D eigenvalue weighted by Gasteiger charge is -2.16. The summed E-state index contributed by atoms with van der Waals surface area (Å²) in [5, 5.41) is 8.40. The van der Waals surface area contributed by atoms with Gasteiger partial charge in [-0.25, -0.2) is 0 Å². The average Bonchev–Trinajstić information content (AvgIpc) is 2.68. The molecule has 0 spiro atoms. The highest BCUT2D eigenvalue weighted by molar-refractivity contribution is 5.10. The predicted octanol–water partition coefficient (Wildman–Crippen LogP) is 6.56. The Morgan fingerprint density at radius 2 is 1.15 bits per heavy atom. The van der Waals surface area contributed by atoms with Gasteiger partial charge in [-0.2, -0.15) is 0 Å². The van der Waals surface area contributed by atoms with Crippen LogP contribution in [0.15, 0.2) is 31.0 Å². The van der Waals surface area contributed by atoms with Gasteiger partial charge in [0.05, 0.1) is 23.7 Å². The van der Waals surface area contributed by atoms with Crippen molar-refractivity contribution in [1.29, 1.82) is 0 Å². The Kier molecular flexibility index (Phi) is 15.3. The number of aromatic nitrogens is 4. The molecule has 34 heavy (non-hydrogen) atoms. The van der Waals surface area contributed by atoms with E-state index in [1.54, 1.807) is 31.9 Å². The van der Waals surface area contributed by atoms with E-state index in [9.17, 15) is 0 Å². The van der Waals surface area contributed by atoms with Crippen molar-refractivity contribution in [1.82, 2.24) is 19.9 Å². The zero-order chi connectivity index (χ0) is 27.2. The summed E-state index contributed by atoms with van der Waals surface area (Å²) in [7, 11) is 1.73. The highest BCUT2D eigenvalue weighted by Crippen LogP contribution is 2.18. The fourth-order valence-electron chi connectivity index (χ4n) is 1.90. The van der Waals surface area contributed by atoms with Crippen LogP contribution >= 0.6 is 0 Å². The number of methoxy groups -OCH3 is 1. The van der Waals surface area contributed by atoms with E-state index in [0.717, 1.165) is 23.7 Å². The highest BCUT2D eigenvalue weighted by atomic mass is 16.5. The molecule has 0 aliphatic rings. The van der Waals surface area contributed by atoms with E-state index in [0.29, 0.717) is 5.41 Å². The Morgan fingerprint density at radius 3 is 1.35 bits per heavy atom. The normalized spacial score (nSPS) is 11.7. The van der Waals surface area contributed by atoms with Crippen LogP contribution in [0, 0.1) is 17.8 Å². The molecule has 0 radical (unpaired) electrons. The zero-order valence-electron chi connectivity index (χ0n) is 24.4. The van der Waals surface area contributed by atoms with Gasteiger partial charge in [-0.1, -0.05) is 83.1 Å². The minimum absolute atomic E-state index is 0.0972. The molecule has 1 N–H and O–H groups in total. The van der Waals surface area contributed by atoms with Crippen molar-refractivity contribution < 1.29 is 9.84 Å². The monoisotopic (exact) mass is 476 g/mol. The van der Waals surface area contributed by atoms with Crippen LogP contribution in [0.4, 0.5) is 0 Å². The maximum Gasteiger partial charge on any atom is 0.0640 e. The Bertz CT molecular complexity index is 749. The van der Waals surface area contributed by atoms with Crippen LogP contribution in [0.3, 0.4) is 0 Å². The maximum absolute atomic E-state index is 8.40. The third-order valence-electron chi connectivity index (χ3n) is 3.93. The first-order valence-corrected chi connectivity index (χ1v) is 11.9. The molecule has 0 fully saturated rings. The SMILES string of the molecule is CC(C)(C)CO.CC(C)(C)c1cnccn1.COCC(C)(C)C.Cc1cnc(C(C)(C)C)cn1. The van der Waals surface area contributed by atoms with Crippen LogP contribution in [0.25, 0.3) is 0 Å². The third-order valence-corrected chi connectivity index (χ3v) is 3.93. The van der Waals surface area contributed by atoms with Crippen molar-refractivity contribution in [3.63, 3.8) is 0 Å². The standard InChI is InChI=1S/C9H14N2.C8H12N2.C6H14O.C5H12O/c1-7-5-11-8(6-10-7)9(2,3)4;1-8(2,3)7-6-9-4-5-10-7;1-6(2,3)5-7-4;1-5(2,3)4-6/h5-6H,1-4H3;4-6H,1-3H3;5H2,1-4H3;6H,4H2,1-3H3. The summed E-state index contributed by atoms with van der Waals surface area (Å²) in [6, 6.07) is 0. The molecule has 0 aliphatic carbocycles. The number of aliphatic hydroxyl groups excluding tert-OH is 1. The van der Waals surface area contributed by atoms with Crippen LogP contribution in [0.2, 0.25) is 0 Å². The summed E-state index contributed by atoms with van der Waals surface area (Å²) in [6.45, 7) is 28.2. The number of aliphatic hydroxyl groups is 1. The van der Waals surface area contributed by atoms with Gasteiger partial charge in [0.1, 0.15) is 0 Å². The van der Waals surface area contributed by atoms with Gasteiger partial charge in [-0.3, -0.25) is 19.9 Å². The van der Waals surface area contributed by atoms with Gasteiger partial charge in [0, 0.05) is 55.5 Å². The number of hydrogen-bond donors (Lipinski definition) is 1. The maximum atomic E-state index is 8.40. The predicted molar refractivity (Wildman–Crippen MR) is 144 cm³/mol. The van der Waals surface area contributed by atoms with Crippen molar-refractivity contribution in [2.75, 3.05) is 20.3 Å². The quantitative estimate of drug-likeness (QED) is 0.502. The fourth-order valence-corrected chi connectivity index (χ4v) is 1.90. The first kappa shape index (κ1) is 34.2. The van der Waals surface area contributed by atoms with E-state index >= 15 is 0 Å². The van der Waals surface area contributed by atoms with Crippen LogP contribution < -0.4 is 0 Å². The lowest BCUT2D eigenvalue weighted by atomic mass is 9.93. The molecule has 0 atom stereocenters. The molecule has 6 nitrogen and oxygen atoms in total. The first-order valence-electron chi connectivity index (χ1n) is 11.9. The molecule has 196 valence electrons. The minimum Gasteiger partial charge on any atom is -0.396 e. The smallest absolute Gasteiger partial charge is 0.0640 e. The molecule has 2 aromatic heterocycles. The molecule has 0 aromatic carbocycles. The molecule has 0 saturated heterocycles. The van der Waals surface area contributed by atoms with Crippen molar-refractivity contribution in [3.05, 3.63) is 48.1 Å². The molecule has 0 bridgehead atoms. The lowest BCUT2D eigenvalue weighted by Crippen LogP contribution is -2.13. The molecule has 0 unspecified atom stereocenters. The van der Waals surface area contributed by atoms with Crippen LogP contribution in [0.5, 0.6) is 0 Å².